The molecule has 0 bridgehead atoms. The smallest absolute Gasteiger partial charge is 0.150 e. The molecule has 1 aromatic heterocycles. The van der Waals surface area contributed by atoms with Crippen LogP contribution < -0.4 is 0 Å². The number of fused-ring (bicyclic) bond motifs is 1. The predicted molar refractivity (Wildman–Crippen MR) is 98.6 cm³/mol. The number of Topliss-reactive ketones (excluding diaryl/α,β-unsaturated/α-hetero) is 1. The van der Waals surface area contributed by atoms with E-state index in [4.69, 9.17) is 21.9 Å². The molecule has 1 aromatic carbocycles. The van der Waals surface area contributed by atoms with Crippen LogP contribution in [0, 0.1) is 0 Å². The number of halogens is 2. The highest BCUT2D eigenvalue weighted by Crippen LogP contribution is 2.36. The maximum Gasteiger partial charge on any atom is 0.150 e. The Morgan fingerprint density at radius 3 is 3.12 bits per heavy atom. The van der Waals surface area contributed by atoms with E-state index in [-0.39, 0.29) is 25.0 Å². The monoisotopic (exact) mass is 425 g/mol. The van der Waals surface area contributed by atoms with Crippen LogP contribution >= 0.6 is 27.5 Å². The number of nitrogens with zero attached hydrogens (tertiary/aromatic N) is 5. The van der Waals surface area contributed by atoms with Crippen molar-refractivity contribution in [1.82, 2.24) is 9.78 Å². The Bertz CT molecular complexity index is 841. The van der Waals surface area contributed by atoms with E-state index in [0.717, 1.165) is 46.8 Å². The minimum Gasteiger partial charge on any atom is -0.356 e. The van der Waals surface area contributed by atoms with Gasteiger partial charge in [-0.2, -0.15) is 5.10 Å². The molecule has 1 aliphatic heterocycles. The maximum absolute atomic E-state index is 11.7. The molecule has 1 saturated heterocycles. The summed E-state index contributed by atoms with van der Waals surface area (Å²) >= 11 is 10.1. The lowest BCUT2D eigenvalue weighted by atomic mass is 10.1. The van der Waals surface area contributed by atoms with Crippen molar-refractivity contribution in [3.05, 3.63) is 37.8 Å². The zero-order chi connectivity index (χ0) is 17.8. The van der Waals surface area contributed by atoms with Gasteiger partial charge in [-0.1, -0.05) is 16.7 Å². The molecule has 0 amide bonds. The van der Waals surface area contributed by atoms with E-state index in [1.165, 1.54) is 0 Å². The first kappa shape index (κ1) is 18.2. The summed E-state index contributed by atoms with van der Waals surface area (Å²) in [5.41, 5.74) is 10.0. The van der Waals surface area contributed by atoms with E-state index in [0.29, 0.717) is 11.4 Å². The van der Waals surface area contributed by atoms with Gasteiger partial charge < -0.3 is 4.74 Å². The van der Waals surface area contributed by atoms with Gasteiger partial charge in [-0.3, -0.25) is 4.79 Å². The van der Waals surface area contributed by atoms with E-state index < -0.39 is 0 Å². The van der Waals surface area contributed by atoms with Gasteiger partial charge in [-0.25, -0.2) is 4.68 Å². The van der Waals surface area contributed by atoms with Gasteiger partial charge in [-0.05, 0) is 58.8 Å². The fourth-order valence-corrected chi connectivity index (χ4v) is 4.11. The molecule has 1 aliphatic rings. The van der Waals surface area contributed by atoms with Crippen molar-refractivity contribution in [3.63, 3.8) is 0 Å². The molecule has 0 spiro atoms. The number of carbonyl (C=O) groups is 1. The molecule has 3 rings (SSSR count). The van der Waals surface area contributed by atoms with E-state index >= 15 is 0 Å². The maximum atomic E-state index is 11.7. The average Bonchev–Trinajstić information content (AvgIpc) is 3.04. The van der Waals surface area contributed by atoms with E-state index in [1.54, 1.807) is 6.20 Å². The lowest BCUT2D eigenvalue weighted by Crippen LogP contribution is -2.19. The third-order valence-electron chi connectivity index (χ3n) is 4.28. The van der Waals surface area contributed by atoms with Crippen LogP contribution in [0.25, 0.3) is 21.3 Å². The van der Waals surface area contributed by atoms with Gasteiger partial charge in [0, 0.05) is 32.8 Å². The number of rotatable bonds is 6. The summed E-state index contributed by atoms with van der Waals surface area (Å²) in [4.78, 5) is 14.3. The number of azide groups is 1. The molecule has 9 heteroatoms. The van der Waals surface area contributed by atoms with E-state index in [1.807, 2.05) is 10.7 Å². The average molecular weight is 427 g/mol. The van der Waals surface area contributed by atoms with Crippen LogP contribution in [0.15, 0.2) is 21.9 Å². The van der Waals surface area contributed by atoms with Crippen molar-refractivity contribution in [2.75, 3.05) is 13.2 Å². The van der Waals surface area contributed by atoms with Gasteiger partial charge in [-0.15, -0.1) is 0 Å². The summed E-state index contributed by atoms with van der Waals surface area (Å²) in [6.07, 6.45) is 5.59. The Balaban J connectivity index is 1.86. The Labute approximate surface area is 158 Å². The first-order valence-corrected chi connectivity index (χ1v) is 9.27. The fourth-order valence-electron chi connectivity index (χ4n) is 2.99. The second-order valence-corrected chi connectivity index (χ2v) is 7.12. The quantitative estimate of drug-likeness (QED) is 0.371. The molecule has 1 unspecified atom stereocenters. The Morgan fingerprint density at radius 2 is 2.40 bits per heavy atom. The van der Waals surface area contributed by atoms with Gasteiger partial charge in [0.15, 0.2) is 6.23 Å². The second kappa shape index (κ2) is 8.19. The molecule has 25 heavy (non-hydrogen) atoms. The second-order valence-electron chi connectivity index (χ2n) is 5.92. The number of aromatic nitrogens is 2. The molecule has 2 heterocycles. The molecule has 132 valence electrons. The number of ketones is 1. The van der Waals surface area contributed by atoms with Crippen molar-refractivity contribution < 1.29 is 9.53 Å². The number of carbonyl (C=O) groups excluding carboxylic acids is 1. The Kier molecular flexibility index (Phi) is 5.96. The standard InChI is InChI=1S/C16H17BrClN5O2/c17-16-11(5-4-10(24)8-20-22-19)13(18)7-14-12(16)9-21-23(14)15-3-1-2-6-25-15/h7,9,15H,1-6,8H2. The summed E-state index contributed by atoms with van der Waals surface area (Å²) in [5.74, 6) is -0.118. The number of hydrogen-bond donors (Lipinski definition) is 0. The molecular weight excluding hydrogens is 410 g/mol. The molecule has 1 fully saturated rings. The lowest BCUT2D eigenvalue weighted by Gasteiger charge is -2.23. The number of benzene rings is 1. The minimum atomic E-state index is -0.134. The predicted octanol–water partition coefficient (Wildman–Crippen LogP) is 4.96. The highest BCUT2D eigenvalue weighted by molar-refractivity contribution is 9.10. The van der Waals surface area contributed by atoms with Crippen LogP contribution in [0.3, 0.4) is 0 Å². The van der Waals surface area contributed by atoms with Crippen molar-refractivity contribution in [2.45, 2.75) is 38.3 Å². The minimum absolute atomic E-state index is 0.0644. The molecule has 0 saturated carbocycles. The van der Waals surface area contributed by atoms with Crippen molar-refractivity contribution in [3.8, 4) is 0 Å². The SMILES string of the molecule is [N-]=[N+]=NCC(=O)CCc1c(Cl)cc2c(cnn2C2CCCCO2)c1Br. The zero-order valence-corrected chi connectivity index (χ0v) is 15.8. The molecule has 2 aromatic rings. The van der Waals surface area contributed by atoms with Crippen LogP contribution in [-0.2, 0) is 16.0 Å². The zero-order valence-electron chi connectivity index (χ0n) is 13.5. The van der Waals surface area contributed by atoms with Crippen molar-refractivity contribution in [1.29, 1.82) is 0 Å². The van der Waals surface area contributed by atoms with Crippen molar-refractivity contribution >= 4 is 44.2 Å². The van der Waals surface area contributed by atoms with Crippen LogP contribution in [0.5, 0.6) is 0 Å². The van der Waals surface area contributed by atoms with Gasteiger partial charge >= 0.3 is 0 Å². The van der Waals surface area contributed by atoms with E-state index in [2.05, 4.69) is 31.1 Å². The summed E-state index contributed by atoms with van der Waals surface area (Å²) < 4.78 is 8.53. The molecule has 0 radical (unpaired) electrons. The number of ether oxygens (including phenoxy) is 1. The summed E-state index contributed by atoms with van der Waals surface area (Å²) in [5, 5.41) is 9.29. The number of hydrogen-bond acceptors (Lipinski definition) is 4. The third-order valence-corrected chi connectivity index (χ3v) is 5.52. The van der Waals surface area contributed by atoms with Gasteiger partial charge in [0.05, 0.1) is 18.3 Å². The molecule has 0 aliphatic carbocycles. The topological polar surface area (TPSA) is 92.9 Å². The highest BCUT2D eigenvalue weighted by atomic mass is 79.9. The molecule has 7 nitrogen and oxygen atoms in total. The van der Waals surface area contributed by atoms with Crippen molar-refractivity contribution in [2.24, 2.45) is 5.11 Å². The van der Waals surface area contributed by atoms with Crippen LogP contribution in [-0.4, -0.2) is 28.7 Å². The molecular formula is C16H17BrClN5O2. The summed E-state index contributed by atoms with van der Waals surface area (Å²) in [6.45, 7) is 0.608. The molecule has 0 N–H and O–H groups in total. The fraction of sp³-hybridized carbons (Fsp3) is 0.500. The largest absolute Gasteiger partial charge is 0.356 e. The van der Waals surface area contributed by atoms with Crippen LogP contribution in [0.2, 0.25) is 5.02 Å². The van der Waals surface area contributed by atoms with Gasteiger partial charge in [0.2, 0.25) is 0 Å². The van der Waals surface area contributed by atoms with Crippen LogP contribution in [0.4, 0.5) is 0 Å². The van der Waals surface area contributed by atoms with Crippen LogP contribution in [0.1, 0.15) is 37.5 Å². The lowest BCUT2D eigenvalue weighted by molar-refractivity contribution is -0.117. The third kappa shape index (κ3) is 3.98. The Hall–Kier alpha value is -1.60. The first-order chi connectivity index (χ1) is 12.1. The first-order valence-electron chi connectivity index (χ1n) is 8.10. The van der Waals surface area contributed by atoms with E-state index in [9.17, 15) is 4.79 Å². The normalized spacial score (nSPS) is 17.4. The summed E-state index contributed by atoms with van der Waals surface area (Å²) in [6, 6.07) is 1.87. The Morgan fingerprint density at radius 1 is 1.56 bits per heavy atom. The highest BCUT2D eigenvalue weighted by Gasteiger charge is 2.21. The molecule has 1 atom stereocenters. The van der Waals surface area contributed by atoms with Gasteiger partial charge in [0.25, 0.3) is 0 Å². The van der Waals surface area contributed by atoms with Gasteiger partial charge in [0.1, 0.15) is 5.78 Å². The summed E-state index contributed by atoms with van der Waals surface area (Å²) in [7, 11) is 0.